The van der Waals surface area contributed by atoms with Gasteiger partial charge in [0, 0.05) is 16.5 Å². The van der Waals surface area contributed by atoms with Gasteiger partial charge in [-0.1, -0.05) is 25.4 Å². The largest absolute Gasteiger partial charge is 0.352 e. The zero-order valence-electron chi connectivity index (χ0n) is 10.7. The van der Waals surface area contributed by atoms with Crippen LogP contribution in [-0.4, -0.2) is 24.7 Å². The first kappa shape index (κ1) is 15.3. The molecule has 1 aromatic carbocycles. The summed E-state index contributed by atoms with van der Waals surface area (Å²) in [6.07, 6.45) is 0. The zero-order chi connectivity index (χ0) is 13.5. The van der Waals surface area contributed by atoms with Crippen LogP contribution in [0, 0.1) is 5.92 Å². The molecular weight excluding hydrogens is 268 g/mol. The van der Waals surface area contributed by atoms with Crippen LogP contribution in [0.5, 0.6) is 0 Å². The second-order valence-corrected chi connectivity index (χ2v) is 5.87. The molecule has 0 saturated carbocycles. The fourth-order valence-electron chi connectivity index (χ4n) is 1.41. The summed E-state index contributed by atoms with van der Waals surface area (Å²) in [4.78, 5) is 13.0. The topological polar surface area (TPSA) is 55.1 Å². The quantitative estimate of drug-likeness (QED) is 0.791. The number of nitrogens with one attached hydrogen (secondary N) is 1. The second kappa shape index (κ2) is 7.67. The van der Waals surface area contributed by atoms with E-state index in [1.807, 2.05) is 13.0 Å². The highest BCUT2D eigenvalue weighted by Gasteiger charge is 2.12. The smallest absolute Gasteiger partial charge is 0.252 e. The van der Waals surface area contributed by atoms with Crippen LogP contribution in [0.3, 0.4) is 0 Å². The Bertz CT molecular complexity index is 412. The normalized spacial score (nSPS) is 12.2. The standard InChI is InChI=1S/C13H19ClN2OS/c1-3-18-12-5-4-10(14)6-11(12)13(17)16-8-9(2)7-15/h4-6,9H,3,7-8,15H2,1-2H3,(H,16,17). The Hall–Kier alpha value is -0.710. The molecule has 0 radical (unpaired) electrons. The van der Waals surface area contributed by atoms with Crippen LogP contribution in [-0.2, 0) is 0 Å². The Morgan fingerprint density at radius 1 is 1.56 bits per heavy atom. The maximum Gasteiger partial charge on any atom is 0.252 e. The summed E-state index contributed by atoms with van der Waals surface area (Å²) < 4.78 is 0. The van der Waals surface area contributed by atoms with Gasteiger partial charge >= 0.3 is 0 Å². The van der Waals surface area contributed by atoms with Gasteiger partial charge in [0.25, 0.3) is 5.91 Å². The Balaban J connectivity index is 2.79. The summed E-state index contributed by atoms with van der Waals surface area (Å²) in [5.41, 5.74) is 6.16. The van der Waals surface area contributed by atoms with Gasteiger partial charge in [-0.25, -0.2) is 0 Å². The predicted octanol–water partition coefficient (Wildman–Crippen LogP) is 2.78. The van der Waals surface area contributed by atoms with Gasteiger partial charge < -0.3 is 11.1 Å². The van der Waals surface area contributed by atoms with Gasteiger partial charge in [-0.05, 0) is 36.4 Å². The minimum atomic E-state index is -0.0891. The predicted molar refractivity (Wildman–Crippen MR) is 78.4 cm³/mol. The number of carbonyl (C=O) groups excluding carboxylic acids is 1. The third-order valence-electron chi connectivity index (χ3n) is 2.50. The van der Waals surface area contributed by atoms with Crippen molar-refractivity contribution in [1.29, 1.82) is 0 Å². The molecule has 1 rings (SSSR count). The molecule has 3 N–H and O–H groups in total. The van der Waals surface area contributed by atoms with Gasteiger partial charge in [0.15, 0.2) is 0 Å². The van der Waals surface area contributed by atoms with Crippen LogP contribution in [0.15, 0.2) is 23.1 Å². The number of nitrogens with two attached hydrogens (primary N) is 1. The van der Waals surface area contributed by atoms with Gasteiger partial charge in [0.05, 0.1) is 5.56 Å². The number of thioether (sulfide) groups is 1. The van der Waals surface area contributed by atoms with Crippen molar-refractivity contribution in [3.05, 3.63) is 28.8 Å². The molecule has 100 valence electrons. The SMILES string of the molecule is CCSc1ccc(Cl)cc1C(=O)NCC(C)CN. The maximum atomic E-state index is 12.1. The van der Waals surface area contributed by atoms with Crippen LogP contribution in [0.4, 0.5) is 0 Å². The van der Waals surface area contributed by atoms with E-state index in [1.165, 1.54) is 0 Å². The molecule has 1 unspecified atom stereocenters. The lowest BCUT2D eigenvalue weighted by Gasteiger charge is -2.12. The first-order valence-electron chi connectivity index (χ1n) is 5.99. The van der Waals surface area contributed by atoms with E-state index in [2.05, 4.69) is 12.2 Å². The average Bonchev–Trinajstić information content (AvgIpc) is 2.37. The minimum Gasteiger partial charge on any atom is -0.352 e. The number of hydrogen-bond donors (Lipinski definition) is 2. The highest BCUT2D eigenvalue weighted by Crippen LogP contribution is 2.25. The number of hydrogen-bond acceptors (Lipinski definition) is 3. The number of benzene rings is 1. The van der Waals surface area contributed by atoms with Gasteiger partial charge in [0.1, 0.15) is 0 Å². The summed E-state index contributed by atoms with van der Waals surface area (Å²) in [5.74, 6) is 1.10. The lowest BCUT2D eigenvalue weighted by molar-refractivity contribution is 0.0945. The van der Waals surface area contributed by atoms with Crippen molar-refractivity contribution in [2.24, 2.45) is 11.7 Å². The average molecular weight is 287 g/mol. The number of rotatable bonds is 6. The van der Waals surface area contributed by atoms with E-state index >= 15 is 0 Å². The fraction of sp³-hybridized carbons (Fsp3) is 0.462. The van der Waals surface area contributed by atoms with E-state index in [0.29, 0.717) is 23.7 Å². The summed E-state index contributed by atoms with van der Waals surface area (Å²) in [6, 6.07) is 5.40. The second-order valence-electron chi connectivity index (χ2n) is 4.12. The van der Waals surface area contributed by atoms with Gasteiger partial charge in [-0.3, -0.25) is 4.79 Å². The van der Waals surface area contributed by atoms with E-state index in [1.54, 1.807) is 23.9 Å². The van der Waals surface area contributed by atoms with E-state index in [0.717, 1.165) is 10.6 Å². The van der Waals surface area contributed by atoms with Crippen LogP contribution >= 0.6 is 23.4 Å². The van der Waals surface area contributed by atoms with Crippen LogP contribution in [0.25, 0.3) is 0 Å². The molecule has 0 aliphatic carbocycles. The molecule has 1 amide bonds. The van der Waals surface area contributed by atoms with Crippen molar-refractivity contribution in [1.82, 2.24) is 5.32 Å². The van der Waals surface area contributed by atoms with Crippen LogP contribution in [0.2, 0.25) is 5.02 Å². The molecule has 0 aliphatic heterocycles. The molecule has 0 aliphatic rings. The molecule has 18 heavy (non-hydrogen) atoms. The molecule has 5 heteroatoms. The molecule has 0 aromatic heterocycles. The highest BCUT2D eigenvalue weighted by atomic mass is 35.5. The summed E-state index contributed by atoms with van der Waals surface area (Å²) in [7, 11) is 0. The van der Waals surface area contributed by atoms with E-state index in [9.17, 15) is 4.79 Å². The molecule has 0 saturated heterocycles. The van der Waals surface area contributed by atoms with Gasteiger partial charge in [0.2, 0.25) is 0 Å². The molecule has 3 nitrogen and oxygen atoms in total. The number of carbonyl (C=O) groups is 1. The lowest BCUT2D eigenvalue weighted by Crippen LogP contribution is -2.31. The number of amides is 1. The monoisotopic (exact) mass is 286 g/mol. The van der Waals surface area contributed by atoms with E-state index in [4.69, 9.17) is 17.3 Å². The van der Waals surface area contributed by atoms with Crippen molar-refractivity contribution in [2.75, 3.05) is 18.8 Å². The molecule has 1 atom stereocenters. The molecule has 0 fully saturated rings. The minimum absolute atomic E-state index is 0.0891. The van der Waals surface area contributed by atoms with Gasteiger partial charge in [-0.2, -0.15) is 0 Å². The van der Waals surface area contributed by atoms with E-state index < -0.39 is 0 Å². The van der Waals surface area contributed by atoms with Crippen molar-refractivity contribution >= 4 is 29.3 Å². The van der Waals surface area contributed by atoms with Gasteiger partial charge in [-0.15, -0.1) is 11.8 Å². The van der Waals surface area contributed by atoms with Crippen LogP contribution in [0.1, 0.15) is 24.2 Å². The fourth-order valence-corrected chi connectivity index (χ4v) is 2.36. The van der Waals surface area contributed by atoms with Crippen molar-refractivity contribution in [3.8, 4) is 0 Å². The third kappa shape index (κ3) is 4.52. The van der Waals surface area contributed by atoms with Crippen molar-refractivity contribution < 1.29 is 4.79 Å². The zero-order valence-corrected chi connectivity index (χ0v) is 12.3. The third-order valence-corrected chi connectivity index (χ3v) is 3.69. The van der Waals surface area contributed by atoms with Crippen LogP contribution < -0.4 is 11.1 Å². The molecular formula is C13H19ClN2OS. The summed E-state index contributed by atoms with van der Waals surface area (Å²) in [5, 5.41) is 3.46. The van der Waals surface area contributed by atoms with Crippen molar-refractivity contribution in [2.45, 2.75) is 18.7 Å². The molecule has 0 heterocycles. The molecule has 1 aromatic rings. The Labute approximate surface area is 117 Å². The first-order valence-corrected chi connectivity index (χ1v) is 7.35. The summed E-state index contributed by atoms with van der Waals surface area (Å²) in [6.45, 7) is 5.20. The Morgan fingerprint density at radius 3 is 2.89 bits per heavy atom. The molecule has 0 spiro atoms. The lowest BCUT2D eigenvalue weighted by atomic mass is 10.1. The maximum absolute atomic E-state index is 12.1. The first-order chi connectivity index (χ1) is 8.58. The highest BCUT2D eigenvalue weighted by molar-refractivity contribution is 7.99. The molecule has 0 bridgehead atoms. The Kier molecular flexibility index (Phi) is 6.54. The summed E-state index contributed by atoms with van der Waals surface area (Å²) >= 11 is 7.58. The number of halogens is 1. The van der Waals surface area contributed by atoms with Crippen molar-refractivity contribution in [3.63, 3.8) is 0 Å². The Morgan fingerprint density at radius 2 is 2.28 bits per heavy atom. The van der Waals surface area contributed by atoms with E-state index in [-0.39, 0.29) is 11.8 Å².